The zero-order chi connectivity index (χ0) is 25.7. The Balaban J connectivity index is 1.18. The van der Waals surface area contributed by atoms with Gasteiger partial charge in [0, 0.05) is 17.8 Å². The van der Waals surface area contributed by atoms with E-state index in [1.54, 1.807) is 13.3 Å². The summed E-state index contributed by atoms with van der Waals surface area (Å²) in [6, 6.07) is 18.0. The van der Waals surface area contributed by atoms with Crippen molar-refractivity contribution in [1.29, 1.82) is 0 Å². The summed E-state index contributed by atoms with van der Waals surface area (Å²) in [6.45, 7) is 0.595. The fourth-order valence-electron chi connectivity index (χ4n) is 7.72. The molecule has 4 saturated carbocycles. The zero-order valence-corrected chi connectivity index (χ0v) is 21.7. The van der Waals surface area contributed by atoms with Gasteiger partial charge in [-0.1, -0.05) is 30.3 Å². The van der Waals surface area contributed by atoms with Crippen molar-refractivity contribution in [3.8, 4) is 11.4 Å². The van der Waals surface area contributed by atoms with Crippen molar-refractivity contribution >= 4 is 11.6 Å². The van der Waals surface area contributed by atoms with Crippen molar-refractivity contribution < 1.29 is 9.53 Å². The van der Waals surface area contributed by atoms with Crippen LogP contribution >= 0.6 is 0 Å². The number of aromatic nitrogens is 4. The summed E-state index contributed by atoms with van der Waals surface area (Å²) < 4.78 is 9.07. The van der Waals surface area contributed by atoms with Gasteiger partial charge in [-0.2, -0.15) is 10.2 Å². The van der Waals surface area contributed by atoms with E-state index in [4.69, 9.17) is 9.84 Å². The Morgan fingerprint density at radius 3 is 2.45 bits per heavy atom. The normalized spacial score (nSPS) is 25.4. The monoisotopic (exact) mass is 507 g/mol. The van der Waals surface area contributed by atoms with Gasteiger partial charge in [-0.25, -0.2) is 4.68 Å². The van der Waals surface area contributed by atoms with Crippen molar-refractivity contribution in [3.05, 3.63) is 90.0 Å². The Kier molecular flexibility index (Phi) is 5.60. The van der Waals surface area contributed by atoms with E-state index in [1.807, 2.05) is 76.4 Å². The molecule has 4 aliphatic carbocycles. The first-order valence-electron chi connectivity index (χ1n) is 13.7. The third-order valence-electron chi connectivity index (χ3n) is 8.89. The molecule has 2 aromatic carbocycles. The molecule has 0 aliphatic heterocycles. The van der Waals surface area contributed by atoms with Gasteiger partial charge in [0.1, 0.15) is 5.75 Å². The lowest BCUT2D eigenvalue weighted by Gasteiger charge is -2.56. The molecule has 7 heteroatoms. The fourth-order valence-corrected chi connectivity index (χ4v) is 7.72. The molecule has 1 amide bonds. The molecule has 0 unspecified atom stereocenters. The molecule has 4 bridgehead atoms. The van der Waals surface area contributed by atoms with E-state index in [-0.39, 0.29) is 11.3 Å². The Morgan fingerprint density at radius 2 is 1.74 bits per heavy atom. The molecule has 0 saturated heterocycles. The van der Waals surface area contributed by atoms with E-state index < -0.39 is 0 Å². The Morgan fingerprint density at radius 1 is 1.00 bits per heavy atom. The van der Waals surface area contributed by atoms with Crippen LogP contribution in [0.5, 0.6) is 5.75 Å². The predicted molar refractivity (Wildman–Crippen MR) is 146 cm³/mol. The highest BCUT2D eigenvalue weighted by molar-refractivity contribution is 6.05. The van der Waals surface area contributed by atoms with Crippen molar-refractivity contribution in [2.24, 2.45) is 17.8 Å². The van der Waals surface area contributed by atoms with Crippen LogP contribution in [-0.2, 0) is 12.0 Å². The molecule has 7 nitrogen and oxygen atoms in total. The second-order valence-electron chi connectivity index (χ2n) is 11.6. The number of ether oxygens (including phenoxy) is 1. The van der Waals surface area contributed by atoms with E-state index in [2.05, 4.69) is 10.4 Å². The van der Waals surface area contributed by atoms with Gasteiger partial charge in [0.15, 0.2) is 0 Å². The highest BCUT2D eigenvalue weighted by Crippen LogP contribution is 2.60. The third kappa shape index (κ3) is 4.20. The predicted octanol–water partition coefficient (Wildman–Crippen LogP) is 5.85. The number of hydrogen-bond acceptors (Lipinski definition) is 4. The molecule has 0 radical (unpaired) electrons. The highest BCUT2D eigenvalue weighted by atomic mass is 16.5. The summed E-state index contributed by atoms with van der Waals surface area (Å²) in [5.41, 5.74) is 4.43. The molecule has 2 aromatic heterocycles. The quantitative estimate of drug-likeness (QED) is 0.341. The fraction of sp³-hybridized carbons (Fsp3) is 0.387. The standard InChI is InChI=1S/C31H33N5O2/c1-38-27-9-5-6-21(13-27)18-35-19-25(17-32-35)33-30(37)28-20-36(26-7-3-2-4-8-26)34-29(28)31-14-22-10-23(15-31)12-24(11-22)16-31/h2-9,13,17,19-20,22-24H,10-12,14-16,18H2,1H3,(H,33,37). The number of hydrogen-bond donors (Lipinski definition) is 1. The number of methoxy groups -OCH3 is 1. The van der Waals surface area contributed by atoms with Crippen LogP contribution in [0.2, 0.25) is 0 Å². The summed E-state index contributed by atoms with van der Waals surface area (Å²) >= 11 is 0. The van der Waals surface area contributed by atoms with Crippen LogP contribution in [0.3, 0.4) is 0 Å². The topological polar surface area (TPSA) is 74.0 Å². The zero-order valence-electron chi connectivity index (χ0n) is 21.7. The Labute approximate surface area is 222 Å². The number of amides is 1. The number of anilines is 1. The lowest BCUT2D eigenvalue weighted by Crippen LogP contribution is -2.49. The van der Waals surface area contributed by atoms with E-state index >= 15 is 0 Å². The van der Waals surface area contributed by atoms with Gasteiger partial charge in [-0.3, -0.25) is 9.48 Å². The molecule has 4 aromatic rings. The van der Waals surface area contributed by atoms with Crippen molar-refractivity contribution in [3.63, 3.8) is 0 Å². The second kappa shape index (κ2) is 9.15. The summed E-state index contributed by atoms with van der Waals surface area (Å²) in [5.74, 6) is 3.02. The number of carbonyl (C=O) groups is 1. The first kappa shape index (κ1) is 23.3. The number of para-hydroxylation sites is 1. The molecule has 4 aliphatic rings. The Bertz CT molecular complexity index is 1440. The van der Waals surface area contributed by atoms with Crippen molar-refractivity contribution in [2.75, 3.05) is 12.4 Å². The van der Waals surface area contributed by atoms with Gasteiger partial charge in [0.2, 0.25) is 0 Å². The smallest absolute Gasteiger partial charge is 0.259 e. The highest BCUT2D eigenvalue weighted by Gasteiger charge is 2.53. The van der Waals surface area contributed by atoms with Crippen LogP contribution in [0.1, 0.15) is 60.1 Å². The molecule has 1 N–H and O–H groups in total. The SMILES string of the molecule is COc1cccc(Cn2cc(NC(=O)c3cn(-c4ccccc4)nc3C34CC5CC(CC(C5)C3)C4)cn2)c1. The number of nitrogens with zero attached hydrogens (tertiary/aromatic N) is 4. The largest absolute Gasteiger partial charge is 0.497 e. The van der Waals surface area contributed by atoms with Crippen LogP contribution in [0.4, 0.5) is 5.69 Å². The first-order chi connectivity index (χ1) is 18.6. The van der Waals surface area contributed by atoms with Gasteiger partial charge in [0.25, 0.3) is 5.91 Å². The van der Waals surface area contributed by atoms with Crippen LogP contribution in [0.15, 0.2) is 73.2 Å². The van der Waals surface area contributed by atoms with Crippen LogP contribution < -0.4 is 10.1 Å². The van der Waals surface area contributed by atoms with Crippen molar-refractivity contribution in [2.45, 2.75) is 50.5 Å². The molecular formula is C31H33N5O2. The maximum Gasteiger partial charge on any atom is 0.259 e. The lowest BCUT2D eigenvalue weighted by molar-refractivity contribution is -0.00765. The lowest BCUT2D eigenvalue weighted by atomic mass is 9.48. The van der Waals surface area contributed by atoms with Crippen LogP contribution in [-0.4, -0.2) is 32.6 Å². The van der Waals surface area contributed by atoms with E-state index in [0.29, 0.717) is 17.8 Å². The first-order valence-corrected chi connectivity index (χ1v) is 13.7. The van der Waals surface area contributed by atoms with Gasteiger partial charge < -0.3 is 10.1 Å². The minimum Gasteiger partial charge on any atom is -0.497 e. The number of benzene rings is 2. The van der Waals surface area contributed by atoms with Crippen molar-refractivity contribution in [1.82, 2.24) is 19.6 Å². The molecular weight excluding hydrogens is 474 g/mol. The summed E-state index contributed by atoms with van der Waals surface area (Å²) in [5, 5.41) is 12.7. The van der Waals surface area contributed by atoms with Crippen LogP contribution in [0.25, 0.3) is 5.69 Å². The third-order valence-corrected chi connectivity index (χ3v) is 8.89. The molecule has 4 fully saturated rings. The van der Waals surface area contributed by atoms with E-state index in [9.17, 15) is 4.79 Å². The van der Waals surface area contributed by atoms with E-state index in [0.717, 1.165) is 59.7 Å². The van der Waals surface area contributed by atoms with Gasteiger partial charge in [-0.15, -0.1) is 0 Å². The number of rotatable bonds is 7. The van der Waals surface area contributed by atoms with Crippen LogP contribution in [0, 0.1) is 17.8 Å². The average molecular weight is 508 g/mol. The van der Waals surface area contributed by atoms with E-state index in [1.165, 1.54) is 19.3 Å². The molecule has 0 spiro atoms. The summed E-state index contributed by atoms with van der Waals surface area (Å²) in [6.07, 6.45) is 13.1. The maximum absolute atomic E-state index is 13.8. The molecule has 194 valence electrons. The average Bonchev–Trinajstić information content (AvgIpc) is 3.56. The van der Waals surface area contributed by atoms with Gasteiger partial charge in [-0.05, 0) is 86.1 Å². The minimum absolute atomic E-state index is 0.0119. The number of carbonyl (C=O) groups excluding carboxylic acids is 1. The summed E-state index contributed by atoms with van der Waals surface area (Å²) in [4.78, 5) is 13.8. The molecule has 2 heterocycles. The second-order valence-corrected chi connectivity index (χ2v) is 11.6. The molecule has 8 rings (SSSR count). The maximum atomic E-state index is 13.8. The summed E-state index contributed by atoms with van der Waals surface area (Å²) in [7, 11) is 1.66. The van der Waals surface area contributed by atoms with Gasteiger partial charge in [0.05, 0.1) is 42.5 Å². The Hall–Kier alpha value is -3.87. The number of nitrogens with one attached hydrogen (secondary N) is 1. The minimum atomic E-state index is -0.112. The molecule has 38 heavy (non-hydrogen) atoms. The molecule has 0 atom stereocenters. The van der Waals surface area contributed by atoms with Gasteiger partial charge >= 0.3 is 0 Å².